The maximum absolute atomic E-state index is 13.7. The highest BCUT2D eigenvalue weighted by Crippen LogP contribution is 2.22. The number of methoxy groups -OCH3 is 1. The zero-order valence-electron chi connectivity index (χ0n) is 22.2. The van der Waals surface area contributed by atoms with E-state index in [0.717, 1.165) is 29.3 Å². The molecule has 39 heavy (non-hydrogen) atoms. The first-order valence-corrected chi connectivity index (χ1v) is 12.7. The second-order valence-electron chi connectivity index (χ2n) is 9.71. The lowest BCUT2D eigenvalue weighted by atomic mass is 10.0. The molecule has 2 aromatic carbocycles. The van der Waals surface area contributed by atoms with Gasteiger partial charge in [-0.2, -0.15) is 0 Å². The number of nitrogens with zero attached hydrogens (tertiary/aromatic N) is 4. The topological polar surface area (TPSA) is 89.3 Å². The van der Waals surface area contributed by atoms with Crippen LogP contribution < -0.4 is 9.47 Å². The third kappa shape index (κ3) is 7.98. The Labute approximate surface area is 226 Å². The van der Waals surface area contributed by atoms with Crippen molar-refractivity contribution >= 4 is 5.91 Å². The third-order valence-corrected chi connectivity index (χ3v) is 6.54. The van der Waals surface area contributed by atoms with E-state index in [1.807, 2.05) is 46.9 Å². The van der Waals surface area contributed by atoms with Gasteiger partial charge < -0.3 is 28.8 Å². The molecule has 1 amide bonds. The zero-order chi connectivity index (χ0) is 27.8. The van der Waals surface area contributed by atoms with Crippen LogP contribution in [0.5, 0.6) is 11.5 Å². The predicted octanol–water partition coefficient (Wildman–Crippen LogP) is 2.65. The fraction of sp³-hybridized carbons (Fsp3) is 0.429. The lowest BCUT2D eigenvalue weighted by Crippen LogP contribution is -2.52. The van der Waals surface area contributed by atoms with Gasteiger partial charge >= 0.3 is 0 Å². The van der Waals surface area contributed by atoms with Gasteiger partial charge in [0.05, 0.1) is 13.1 Å². The Morgan fingerprint density at radius 1 is 1.08 bits per heavy atom. The third-order valence-electron chi connectivity index (χ3n) is 6.54. The Bertz CT molecular complexity index is 1260. The molecule has 1 aliphatic rings. The Balaban J connectivity index is 1.42. The molecule has 0 aliphatic carbocycles. The summed E-state index contributed by atoms with van der Waals surface area (Å²) in [6, 6.07) is 10.9. The molecule has 1 atom stereocenters. The molecule has 0 radical (unpaired) electrons. The van der Waals surface area contributed by atoms with Gasteiger partial charge in [0, 0.05) is 51.7 Å². The van der Waals surface area contributed by atoms with E-state index in [0.29, 0.717) is 32.8 Å². The molecule has 210 valence electrons. The summed E-state index contributed by atoms with van der Waals surface area (Å²) >= 11 is 0. The lowest BCUT2D eigenvalue weighted by Gasteiger charge is -2.33. The van der Waals surface area contributed by atoms with Crippen molar-refractivity contribution in [2.75, 3.05) is 53.1 Å². The fourth-order valence-electron chi connectivity index (χ4n) is 4.57. The van der Waals surface area contributed by atoms with Gasteiger partial charge in [-0.05, 0) is 36.8 Å². The van der Waals surface area contributed by atoms with Gasteiger partial charge in [0.15, 0.2) is 11.6 Å². The number of carbonyl (C=O) groups excluding carboxylic acids is 1. The SMILES string of the molecule is COCC(=O)N1CCN(Cc2cccc(OCCn3ccnc3C)c2)CC(O)(COc2ccc(F)c(F)c2)C1. The van der Waals surface area contributed by atoms with E-state index < -0.39 is 17.2 Å². The minimum Gasteiger partial charge on any atom is -0.492 e. The van der Waals surface area contributed by atoms with Crippen LogP contribution >= 0.6 is 0 Å². The van der Waals surface area contributed by atoms with E-state index in [2.05, 4.69) is 4.98 Å². The molecule has 4 rings (SSSR count). The highest BCUT2D eigenvalue weighted by Gasteiger charge is 2.37. The first-order valence-electron chi connectivity index (χ1n) is 12.7. The largest absolute Gasteiger partial charge is 0.492 e. The van der Waals surface area contributed by atoms with Gasteiger partial charge in [0.1, 0.15) is 42.7 Å². The number of hydrogen-bond donors (Lipinski definition) is 1. The molecule has 0 spiro atoms. The van der Waals surface area contributed by atoms with Crippen LogP contribution in [0.4, 0.5) is 8.78 Å². The molecule has 1 saturated heterocycles. The maximum atomic E-state index is 13.7. The Morgan fingerprint density at radius 2 is 1.90 bits per heavy atom. The number of β-amino-alcohol motifs (C(OH)–C–C–N with tert-alkyl or cyclic N) is 1. The average molecular weight is 545 g/mol. The number of benzene rings is 2. The summed E-state index contributed by atoms with van der Waals surface area (Å²) in [7, 11) is 1.44. The van der Waals surface area contributed by atoms with E-state index in [9.17, 15) is 18.7 Å². The van der Waals surface area contributed by atoms with Gasteiger partial charge in [-0.15, -0.1) is 0 Å². The molecule has 1 unspecified atom stereocenters. The van der Waals surface area contributed by atoms with Gasteiger partial charge in [-0.3, -0.25) is 9.69 Å². The average Bonchev–Trinajstić information content (AvgIpc) is 3.23. The molecular weight excluding hydrogens is 510 g/mol. The van der Waals surface area contributed by atoms with Crippen molar-refractivity contribution in [2.45, 2.75) is 25.6 Å². The summed E-state index contributed by atoms with van der Waals surface area (Å²) in [5.41, 5.74) is -0.492. The van der Waals surface area contributed by atoms with E-state index >= 15 is 0 Å². The van der Waals surface area contributed by atoms with Gasteiger partial charge in [-0.1, -0.05) is 12.1 Å². The van der Waals surface area contributed by atoms with E-state index in [-0.39, 0.29) is 38.0 Å². The summed E-state index contributed by atoms with van der Waals surface area (Å²) in [5.74, 6) is -0.540. The Hall–Kier alpha value is -3.54. The number of hydrogen-bond acceptors (Lipinski definition) is 7. The number of ether oxygens (including phenoxy) is 3. The number of aliphatic hydroxyl groups is 1. The highest BCUT2D eigenvalue weighted by atomic mass is 19.2. The summed E-state index contributed by atoms with van der Waals surface area (Å²) in [6.07, 6.45) is 3.66. The van der Waals surface area contributed by atoms with Crippen molar-refractivity contribution < 1.29 is 32.9 Å². The van der Waals surface area contributed by atoms with Gasteiger partial charge in [-0.25, -0.2) is 13.8 Å². The quantitative estimate of drug-likeness (QED) is 0.397. The fourth-order valence-corrected chi connectivity index (χ4v) is 4.57. The molecule has 2 heterocycles. The Morgan fingerprint density at radius 3 is 2.64 bits per heavy atom. The lowest BCUT2D eigenvalue weighted by molar-refractivity contribution is -0.138. The second-order valence-corrected chi connectivity index (χ2v) is 9.71. The van der Waals surface area contributed by atoms with Gasteiger partial charge in [0.25, 0.3) is 0 Å². The second kappa shape index (κ2) is 13.0. The van der Waals surface area contributed by atoms with Crippen molar-refractivity contribution in [3.8, 4) is 11.5 Å². The van der Waals surface area contributed by atoms with Crippen molar-refractivity contribution in [1.29, 1.82) is 0 Å². The number of rotatable bonds is 11. The van der Waals surface area contributed by atoms with Crippen LogP contribution in [0.1, 0.15) is 11.4 Å². The van der Waals surface area contributed by atoms with Crippen LogP contribution in [-0.2, 0) is 22.6 Å². The molecule has 11 heteroatoms. The minimum absolute atomic E-state index is 0.00614. The summed E-state index contributed by atoms with van der Waals surface area (Å²) < 4.78 is 45.6. The highest BCUT2D eigenvalue weighted by molar-refractivity contribution is 5.77. The van der Waals surface area contributed by atoms with Crippen LogP contribution in [0, 0.1) is 18.6 Å². The normalized spacial score (nSPS) is 18.1. The maximum Gasteiger partial charge on any atom is 0.248 e. The molecule has 1 aliphatic heterocycles. The number of aromatic nitrogens is 2. The smallest absolute Gasteiger partial charge is 0.248 e. The standard InChI is InChI=1S/C28H34F2N4O5/c1-21-31-8-9-33(21)12-13-38-23-5-3-4-22(14-23)16-32-10-11-34(27(35)17-37-2)19-28(36,18-32)20-39-24-6-7-25(29)26(30)15-24/h3-9,14-15,36H,10-13,16-20H2,1-2H3. The molecule has 3 aromatic rings. The number of carbonyl (C=O) groups is 1. The first kappa shape index (κ1) is 28.5. The van der Waals surface area contributed by atoms with E-state index in [1.165, 1.54) is 18.1 Å². The zero-order valence-corrected chi connectivity index (χ0v) is 22.2. The molecule has 1 fully saturated rings. The number of amides is 1. The monoisotopic (exact) mass is 544 g/mol. The predicted molar refractivity (Wildman–Crippen MR) is 139 cm³/mol. The molecular formula is C28H34F2N4O5. The number of halogens is 2. The summed E-state index contributed by atoms with van der Waals surface area (Å²) in [4.78, 5) is 20.4. The molecule has 0 saturated carbocycles. The van der Waals surface area contributed by atoms with Crippen molar-refractivity contribution in [3.63, 3.8) is 0 Å². The van der Waals surface area contributed by atoms with Crippen LogP contribution in [0.15, 0.2) is 54.9 Å². The molecule has 0 bridgehead atoms. The van der Waals surface area contributed by atoms with Crippen LogP contribution in [0.25, 0.3) is 0 Å². The Kier molecular flexibility index (Phi) is 9.50. The van der Waals surface area contributed by atoms with Crippen LogP contribution in [0.2, 0.25) is 0 Å². The van der Waals surface area contributed by atoms with Gasteiger partial charge in [0.2, 0.25) is 5.91 Å². The molecule has 9 nitrogen and oxygen atoms in total. The van der Waals surface area contributed by atoms with Crippen molar-refractivity contribution in [2.24, 2.45) is 0 Å². The van der Waals surface area contributed by atoms with Crippen LogP contribution in [-0.4, -0.2) is 89.1 Å². The molecule has 1 N–H and O–H groups in total. The number of imidazole rings is 1. The van der Waals surface area contributed by atoms with Crippen LogP contribution in [0.3, 0.4) is 0 Å². The minimum atomic E-state index is -1.47. The first-order chi connectivity index (χ1) is 18.7. The summed E-state index contributed by atoms with van der Waals surface area (Å²) in [5, 5.41) is 11.6. The van der Waals surface area contributed by atoms with Crippen molar-refractivity contribution in [3.05, 3.63) is 77.9 Å². The molecule has 1 aromatic heterocycles. The van der Waals surface area contributed by atoms with E-state index in [4.69, 9.17) is 14.2 Å². The van der Waals surface area contributed by atoms with Crippen molar-refractivity contribution in [1.82, 2.24) is 19.4 Å². The van der Waals surface area contributed by atoms with E-state index in [1.54, 1.807) is 6.20 Å². The number of aryl methyl sites for hydroxylation is 1. The summed E-state index contributed by atoms with van der Waals surface area (Å²) in [6.45, 7) is 4.36.